The van der Waals surface area contributed by atoms with Crippen LogP contribution in [-0.2, 0) is 5.41 Å². The van der Waals surface area contributed by atoms with Crippen LogP contribution in [0.25, 0.3) is 5.57 Å². The molecule has 1 unspecified atom stereocenters. The summed E-state index contributed by atoms with van der Waals surface area (Å²) in [6.07, 6.45) is 2.36. The highest BCUT2D eigenvalue weighted by Gasteiger charge is 2.32. The number of methoxy groups -OCH3 is 1. The second kappa shape index (κ2) is 3.65. The van der Waals surface area contributed by atoms with Gasteiger partial charge >= 0.3 is 0 Å². The fourth-order valence-corrected chi connectivity index (χ4v) is 2.46. The maximum Gasteiger partial charge on any atom is 0.119 e. The van der Waals surface area contributed by atoms with Crippen LogP contribution < -0.4 is 4.74 Å². The summed E-state index contributed by atoms with van der Waals surface area (Å²) in [4.78, 5) is 0. The highest BCUT2D eigenvalue weighted by molar-refractivity contribution is 5.72. The number of hydrogen-bond acceptors (Lipinski definition) is 1. The lowest BCUT2D eigenvalue weighted by atomic mass is 9.67. The molecule has 0 aliphatic heterocycles. The third-order valence-electron chi connectivity index (χ3n) is 3.98. The van der Waals surface area contributed by atoms with Crippen molar-refractivity contribution < 1.29 is 4.74 Å². The van der Waals surface area contributed by atoms with E-state index in [1.54, 1.807) is 7.11 Å². The summed E-state index contributed by atoms with van der Waals surface area (Å²) in [5, 5.41) is 0. The third-order valence-corrected chi connectivity index (χ3v) is 3.98. The van der Waals surface area contributed by atoms with Crippen LogP contribution in [0, 0.1) is 5.92 Å². The zero-order chi connectivity index (χ0) is 11.9. The number of allylic oxidation sites excluding steroid dienone is 2. The molecule has 1 aromatic carbocycles. The van der Waals surface area contributed by atoms with E-state index in [2.05, 4.69) is 52.0 Å². The molecule has 0 spiro atoms. The third kappa shape index (κ3) is 1.55. The Morgan fingerprint density at radius 1 is 1.25 bits per heavy atom. The summed E-state index contributed by atoms with van der Waals surface area (Å²) >= 11 is 0. The Balaban J connectivity index is 2.63. The van der Waals surface area contributed by atoms with Gasteiger partial charge in [-0.2, -0.15) is 0 Å². The topological polar surface area (TPSA) is 9.23 Å². The molecule has 1 aliphatic rings. The van der Waals surface area contributed by atoms with E-state index >= 15 is 0 Å². The van der Waals surface area contributed by atoms with E-state index in [1.165, 1.54) is 16.7 Å². The number of fused-ring (bicyclic) bond motifs is 1. The van der Waals surface area contributed by atoms with Crippen LogP contribution in [0.1, 0.15) is 38.8 Å². The average molecular weight is 216 g/mol. The zero-order valence-electron chi connectivity index (χ0n) is 10.8. The molecule has 1 aliphatic carbocycles. The molecule has 2 rings (SSSR count). The van der Waals surface area contributed by atoms with Gasteiger partial charge in [-0.25, -0.2) is 0 Å². The summed E-state index contributed by atoms with van der Waals surface area (Å²) in [6.45, 7) is 9.10. The summed E-state index contributed by atoms with van der Waals surface area (Å²) in [5.41, 5.74) is 4.34. The summed E-state index contributed by atoms with van der Waals surface area (Å²) in [5.74, 6) is 1.52. The molecule has 1 atom stereocenters. The van der Waals surface area contributed by atoms with Gasteiger partial charge in [0.1, 0.15) is 5.75 Å². The maximum absolute atomic E-state index is 5.30. The Morgan fingerprint density at radius 2 is 1.94 bits per heavy atom. The molecule has 0 saturated carbocycles. The molecule has 1 nitrogen and oxygen atoms in total. The van der Waals surface area contributed by atoms with Crippen molar-refractivity contribution in [2.75, 3.05) is 7.11 Å². The molecule has 16 heavy (non-hydrogen) atoms. The van der Waals surface area contributed by atoms with Gasteiger partial charge in [-0.1, -0.05) is 32.9 Å². The molecular formula is C15H20O. The molecule has 1 aromatic rings. The lowest BCUT2D eigenvalue weighted by molar-refractivity contribution is 0.397. The number of rotatable bonds is 1. The Hall–Kier alpha value is -1.24. The predicted octanol–water partition coefficient (Wildman–Crippen LogP) is 4.03. The largest absolute Gasteiger partial charge is 0.497 e. The molecule has 0 heterocycles. The standard InChI is InChI=1S/C15H20O/c1-10-8-11(2)15(3,4)14-7-6-12(16-5)9-13(10)14/h6-9,11H,1-5H3. The van der Waals surface area contributed by atoms with Crippen LogP contribution in [0.15, 0.2) is 24.3 Å². The second-order valence-electron chi connectivity index (χ2n) is 5.27. The Kier molecular flexibility index (Phi) is 2.57. The van der Waals surface area contributed by atoms with Crippen LogP contribution in [0.4, 0.5) is 0 Å². The molecular weight excluding hydrogens is 196 g/mol. The van der Waals surface area contributed by atoms with Gasteiger partial charge in [-0.05, 0) is 47.1 Å². The number of ether oxygens (including phenoxy) is 1. The van der Waals surface area contributed by atoms with Gasteiger partial charge in [0.15, 0.2) is 0 Å². The lowest BCUT2D eigenvalue weighted by Crippen LogP contribution is -2.29. The molecule has 0 radical (unpaired) electrons. The average Bonchev–Trinajstić information content (AvgIpc) is 2.26. The molecule has 0 amide bonds. The van der Waals surface area contributed by atoms with Gasteiger partial charge in [-0.15, -0.1) is 0 Å². The lowest BCUT2D eigenvalue weighted by Gasteiger charge is -2.37. The van der Waals surface area contributed by atoms with E-state index < -0.39 is 0 Å². The normalized spacial score (nSPS) is 22.3. The van der Waals surface area contributed by atoms with Crippen LogP contribution >= 0.6 is 0 Å². The van der Waals surface area contributed by atoms with Crippen molar-refractivity contribution in [3.8, 4) is 5.75 Å². The molecule has 86 valence electrons. The minimum atomic E-state index is 0.209. The van der Waals surface area contributed by atoms with Gasteiger partial charge in [0.2, 0.25) is 0 Å². The van der Waals surface area contributed by atoms with Gasteiger partial charge in [0.25, 0.3) is 0 Å². The summed E-state index contributed by atoms with van der Waals surface area (Å²) in [6, 6.07) is 6.42. The highest BCUT2D eigenvalue weighted by Crippen LogP contribution is 2.43. The van der Waals surface area contributed by atoms with E-state index in [9.17, 15) is 0 Å². The van der Waals surface area contributed by atoms with Crippen molar-refractivity contribution in [3.63, 3.8) is 0 Å². The van der Waals surface area contributed by atoms with Crippen LogP contribution in [0.2, 0.25) is 0 Å². The maximum atomic E-state index is 5.30. The minimum absolute atomic E-state index is 0.209. The quantitative estimate of drug-likeness (QED) is 0.688. The van der Waals surface area contributed by atoms with Gasteiger partial charge in [0.05, 0.1) is 7.11 Å². The first-order chi connectivity index (χ1) is 7.46. The van der Waals surface area contributed by atoms with Gasteiger partial charge in [-0.3, -0.25) is 0 Å². The van der Waals surface area contributed by atoms with Crippen LogP contribution in [-0.4, -0.2) is 7.11 Å². The predicted molar refractivity (Wildman–Crippen MR) is 68.8 cm³/mol. The van der Waals surface area contributed by atoms with Gasteiger partial charge in [0, 0.05) is 0 Å². The van der Waals surface area contributed by atoms with Crippen molar-refractivity contribution in [3.05, 3.63) is 35.4 Å². The fraction of sp³-hybridized carbons (Fsp3) is 0.467. The monoisotopic (exact) mass is 216 g/mol. The van der Waals surface area contributed by atoms with E-state index in [4.69, 9.17) is 4.74 Å². The minimum Gasteiger partial charge on any atom is -0.497 e. The van der Waals surface area contributed by atoms with E-state index in [1.807, 2.05) is 0 Å². The first-order valence-electron chi connectivity index (χ1n) is 5.84. The zero-order valence-corrected chi connectivity index (χ0v) is 10.8. The smallest absolute Gasteiger partial charge is 0.119 e. The SMILES string of the molecule is COc1ccc2c(c1)C(C)=CC(C)C2(C)C. The van der Waals surface area contributed by atoms with Crippen molar-refractivity contribution >= 4 is 5.57 Å². The number of hydrogen-bond donors (Lipinski definition) is 0. The molecule has 0 fully saturated rings. The summed E-state index contributed by atoms with van der Waals surface area (Å²) < 4.78 is 5.30. The Morgan fingerprint density at radius 3 is 2.56 bits per heavy atom. The Labute approximate surface area is 98.1 Å². The van der Waals surface area contributed by atoms with Crippen molar-refractivity contribution in [1.29, 1.82) is 0 Å². The van der Waals surface area contributed by atoms with E-state index in [0.29, 0.717) is 5.92 Å². The summed E-state index contributed by atoms with van der Waals surface area (Å²) in [7, 11) is 1.72. The van der Waals surface area contributed by atoms with Crippen molar-refractivity contribution in [2.24, 2.45) is 5.92 Å². The first kappa shape index (κ1) is 11.3. The molecule has 0 N–H and O–H groups in total. The Bertz CT molecular complexity index is 441. The second-order valence-corrected chi connectivity index (χ2v) is 5.27. The van der Waals surface area contributed by atoms with Crippen molar-refractivity contribution in [2.45, 2.75) is 33.1 Å². The highest BCUT2D eigenvalue weighted by atomic mass is 16.5. The van der Waals surface area contributed by atoms with E-state index in [0.717, 1.165) is 5.75 Å². The molecule has 1 heteroatoms. The molecule has 0 saturated heterocycles. The molecule has 0 aromatic heterocycles. The van der Waals surface area contributed by atoms with Crippen molar-refractivity contribution in [1.82, 2.24) is 0 Å². The number of benzene rings is 1. The molecule has 0 bridgehead atoms. The van der Waals surface area contributed by atoms with Gasteiger partial charge < -0.3 is 4.74 Å². The fourth-order valence-electron chi connectivity index (χ4n) is 2.46. The van der Waals surface area contributed by atoms with E-state index in [-0.39, 0.29) is 5.41 Å². The van der Waals surface area contributed by atoms with Crippen LogP contribution in [0.3, 0.4) is 0 Å². The first-order valence-corrected chi connectivity index (χ1v) is 5.84. The van der Waals surface area contributed by atoms with Crippen LogP contribution in [0.5, 0.6) is 5.75 Å².